The van der Waals surface area contributed by atoms with E-state index in [2.05, 4.69) is 16.0 Å². The van der Waals surface area contributed by atoms with Gasteiger partial charge in [0.25, 0.3) is 5.56 Å². The fraction of sp³-hybridized carbons (Fsp3) is 0.217. The van der Waals surface area contributed by atoms with Crippen molar-refractivity contribution in [3.63, 3.8) is 0 Å². The average molecular weight is 402 g/mol. The number of nitrogen functional groups attached to an aromatic ring is 1. The number of fused-ring (bicyclic) bond motifs is 2. The Balaban J connectivity index is 1.35. The number of anilines is 1. The van der Waals surface area contributed by atoms with Gasteiger partial charge < -0.3 is 20.6 Å². The van der Waals surface area contributed by atoms with E-state index in [0.29, 0.717) is 37.6 Å². The Morgan fingerprint density at radius 3 is 2.87 bits per heavy atom. The van der Waals surface area contributed by atoms with Crippen LogP contribution in [0.15, 0.2) is 52.8 Å². The SMILES string of the molecule is Nc1ccc(-c2nc3c(c(=O)[nH]2)CN(CC2=Cc4cc(O)ccc4OC2)CC3)cc1. The standard InChI is InChI=1S/C23H22N4O3/c24-17-3-1-15(2-4-17)22-25-20-7-8-27(12-19(20)23(29)26-22)11-14-9-16-10-18(28)5-6-21(16)30-13-14/h1-6,9-10,28H,7-8,11-13,24H2,(H,25,26,29). The Labute approximate surface area is 173 Å². The summed E-state index contributed by atoms with van der Waals surface area (Å²) < 4.78 is 5.80. The zero-order chi connectivity index (χ0) is 20.7. The van der Waals surface area contributed by atoms with Crippen LogP contribution in [0.25, 0.3) is 17.5 Å². The van der Waals surface area contributed by atoms with Gasteiger partial charge in [-0.2, -0.15) is 0 Å². The first kappa shape index (κ1) is 18.4. The van der Waals surface area contributed by atoms with Crippen LogP contribution in [0, 0.1) is 0 Å². The number of benzene rings is 2. The van der Waals surface area contributed by atoms with Crippen LogP contribution in [0.1, 0.15) is 16.8 Å². The predicted molar refractivity (Wildman–Crippen MR) is 115 cm³/mol. The van der Waals surface area contributed by atoms with Crippen molar-refractivity contribution in [3.05, 3.63) is 75.2 Å². The lowest BCUT2D eigenvalue weighted by molar-refractivity contribution is 0.254. The lowest BCUT2D eigenvalue weighted by Crippen LogP contribution is -2.37. The fourth-order valence-electron chi connectivity index (χ4n) is 3.98. The largest absolute Gasteiger partial charge is 0.508 e. The third kappa shape index (κ3) is 3.55. The first-order valence-electron chi connectivity index (χ1n) is 9.91. The van der Waals surface area contributed by atoms with E-state index in [0.717, 1.165) is 40.3 Å². The van der Waals surface area contributed by atoms with Crippen LogP contribution in [-0.2, 0) is 13.0 Å². The summed E-state index contributed by atoms with van der Waals surface area (Å²) in [6.45, 7) is 2.57. The topological polar surface area (TPSA) is 104 Å². The number of rotatable bonds is 3. The number of hydrogen-bond donors (Lipinski definition) is 3. The van der Waals surface area contributed by atoms with Crippen LogP contribution >= 0.6 is 0 Å². The molecule has 2 aromatic carbocycles. The van der Waals surface area contributed by atoms with Gasteiger partial charge in [0, 0.05) is 42.9 Å². The van der Waals surface area contributed by atoms with E-state index in [9.17, 15) is 9.90 Å². The van der Waals surface area contributed by atoms with Crippen molar-refractivity contribution in [3.8, 4) is 22.9 Å². The zero-order valence-electron chi connectivity index (χ0n) is 16.4. The molecule has 5 rings (SSSR count). The molecule has 0 aliphatic carbocycles. The Hall–Kier alpha value is -3.58. The van der Waals surface area contributed by atoms with Gasteiger partial charge in [-0.25, -0.2) is 4.98 Å². The highest BCUT2D eigenvalue weighted by Crippen LogP contribution is 2.30. The van der Waals surface area contributed by atoms with Crippen molar-refractivity contribution in [1.29, 1.82) is 0 Å². The lowest BCUT2D eigenvalue weighted by Gasteiger charge is -2.29. The third-order valence-corrected chi connectivity index (χ3v) is 5.52. The normalized spacial score (nSPS) is 15.7. The number of H-pyrrole nitrogens is 1. The molecular weight excluding hydrogens is 380 g/mol. The van der Waals surface area contributed by atoms with Crippen LogP contribution in [0.3, 0.4) is 0 Å². The molecule has 152 valence electrons. The summed E-state index contributed by atoms with van der Waals surface area (Å²) in [4.78, 5) is 22.6. The molecule has 1 aromatic heterocycles. The summed E-state index contributed by atoms with van der Waals surface area (Å²) >= 11 is 0. The Kier molecular flexibility index (Phi) is 4.52. The second-order valence-electron chi connectivity index (χ2n) is 7.74. The molecule has 3 aromatic rings. The van der Waals surface area contributed by atoms with Crippen molar-refractivity contribution in [2.45, 2.75) is 13.0 Å². The van der Waals surface area contributed by atoms with E-state index >= 15 is 0 Å². The zero-order valence-corrected chi connectivity index (χ0v) is 16.4. The molecule has 0 amide bonds. The quantitative estimate of drug-likeness (QED) is 0.582. The monoisotopic (exact) mass is 402 g/mol. The molecule has 7 nitrogen and oxygen atoms in total. The van der Waals surface area contributed by atoms with Gasteiger partial charge in [0.15, 0.2) is 0 Å². The number of aromatic amines is 1. The van der Waals surface area contributed by atoms with Crippen LogP contribution in [0.4, 0.5) is 5.69 Å². The molecule has 0 bridgehead atoms. The molecule has 0 spiro atoms. The molecule has 0 fully saturated rings. The molecule has 3 heterocycles. The van der Waals surface area contributed by atoms with E-state index in [-0.39, 0.29) is 11.3 Å². The first-order chi connectivity index (χ1) is 14.5. The second kappa shape index (κ2) is 7.35. The van der Waals surface area contributed by atoms with Gasteiger partial charge in [0.1, 0.15) is 23.9 Å². The van der Waals surface area contributed by atoms with Crippen molar-refractivity contribution in [2.24, 2.45) is 0 Å². The van der Waals surface area contributed by atoms with Gasteiger partial charge >= 0.3 is 0 Å². The number of aromatic hydroxyl groups is 1. The van der Waals surface area contributed by atoms with Crippen LogP contribution in [0.5, 0.6) is 11.5 Å². The summed E-state index contributed by atoms with van der Waals surface area (Å²) in [6, 6.07) is 12.4. The molecule has 0 saturated heterocycles. The minimum atomic E-state index is -0.0966. The molecule has 7 heteroatoms. The maximum atomic E-state index is 12.7. The molecule has 2 aliphatic heterocycles. The molecule has 0 radical (unpaired) electrons. The van der Waals surface area contributed by atoms with Gasteiger partial charge in [-0.1, -0.05) is 0 Å². The van der Waals surface area contributed by atoms with E-state index in [1.165, 1.54) is 0 Å². The maximum absolute atomic E-state index is 12.7. The van der Waals surface area contributed by atoms with E-state index < -0.39 is 0 Å². The van der Waals surface area contributed by atoms with Crippen LogP contribution < -0.4 is 16.0 Å². The van der Waals surface area contributed by atoms with Crippen molar-refractivity contribution in [1.82, 2.24) is 14.9 Å². The van der Waals surface area contributed by atoms with Crippen molar-refractivity contribution in [2.75, 3.05) is 25.4 Å². The molecule has 4 N–H and O–H groups in total. The third-order valence-electron chi connectivity index (χ3n) is 5.52. The molecule has 0 unspecified atom stereocenters. The number of phenols is 1. The number of nitrogens with zero attached hydrogens (tertiary/aromatic N) is 2. The highest BCUT2D eigenvalue weighted by molar-refractivity contribution is 5.64. The number of nitrogens with one attached hydrogen (secondary N) is 1. The minimum Gasteiger partial charge on any atom is -0.508 e. The molecule has 2 aliphatic rings. The van der Waals surface area contributed by atoms with Crippen molar-refractivity contribution >= 4 is 11.8 Å². The molecule has 0 atom stereocenters. The number of hydrogen-bond acceptors (Lipinski definition) is 6. The van der Waals surface area contributed by atoms with E-state index in [4.69, 9.17) is 15.5 Å². The Morgan fingerprint density at radius 2 is 2.03 bits per heavy atom. The highest BCUT2D eigenvalue weighted by atomic mass is 16.5. The summed E-state index contributed by atoms with van der Waals surface area (Å²) in [6.07, 6.45) is 2.77. The summed E-state index contributed by atoms with van der Waals surface area (Å²) in [7, 11) is 0. The molecular formula is C23H22N4O3. The Morgan fingerprint density at radius 1 is 1.20 bits per heavy atom. The smallest absolute Gasteiger partial charge is 0.255 e. The lowest BCUT2D eigenvalue weighted by atomic mass is 10.0. The van der Waals surface area contributed by atoms with E-state index in [1.807, 2.05) is 12.1 Å². The van der Waals surface area contributed by atoms with Crippen LogP contribution in [-0.4, -0.2) is 39.7 Å². The number of nitrogens with two attached hydrogens (primary N) is 1. The van der Waals surface area contributed by atoms with Crippen molar-refractivity contribution < 1.29 is 9.84 Å². The van der Waals surface area contributed by atoms with Gasteiger partial charge in [0.2, 0.25) is 0 Å². The Bertz CT molecular complexity index is 1200. The average Bonchev–Trinajstić information content (AvgIpc) is 2.74. The van der Waals surface area contributed by atoms with E-state index in [1.54, 1.807) is 30.3 Å². The van der Waals surface area contributed by atoms with Gasteiger partial charge in [-0.05, 0) is 54.1 Å². The van der Waals surface area contributed by atoms with Gasteiger partial charge in [-0.15, -0.1) is 0 Å². The maximum Gasteiger partial charge on any atom is 0.255 e. The first-order valence-corrected chi connectivity index (χ1v) is 9.91. The fourth-order valence-corrected chi connectivity index (χ4v) is 3.98. The second-order valence-corrected chi connectivity index (χ2v) is 7.74. The van der Waals surface area contributed by atoms with Gasteiger partial charge in [0.05, 0.1) is 11.3 Å². The summed E-state index contributed by atoms with van der Waals surface area (Å²) in [5, 5.41) is 9.71. The molecule has 30 heavy (non-hydrogen) atoms. The minimum absolute atomic E-state index is 0.0966. The predicted octanol–water partition coefficient (Wildman–Crippen LogP) is 2.56. The molecule has 0 saturated carbocycles. The summed E-state index contributed by atoms with van der Waals surface area (Å²) in [5.41, 5.74) is 10.7. The summed E-state index contributed by atoms with van der Waals surface area (Å²) in [5.74, 6) is 1.57. The highest BCUT2D eigenvalue weighted by Gasteiger charge is 2.23. The van der Waals surface area contributed by atoms with Crippen LogP contribution in [0.2, 0.25) is 0 Å². The number of aromatic nitrogens is 2. The number of ether oxygens (including phenoxy) is 1. The van der Waals surface area contributed by atoms with Gasteiger partial charge in [-0.3, -0.25) is 9.69 Å². The number of phenolic OH excluding ortho intramolecular Hbond substituents is 1.